The SMILES string of the molecule is Cc1cccc(C(C)C)c1NC(=O)Cn1cc(C(=O)O)nn1. The Hall–Kier alpha value is -2.70. The van der Waals surface area contributed by atoms with Crippen LogP contribution in [0.1, 0.15) is 41.4 Å². The first-order valence-electron chi connectivity index (χ1n) is 6.91. The number of nitrogens with zero attached hydrogens (tertiary/aromatic N) is 3. The first-order valence-corrected chi connectivity index (χ1v) is 6.91. The van der Waals surface area contributed by atoms with Crippen molar-refractivity contribution in [3.05, 3.63) is 41.2 Å². The van der Waals surface area contributed by atoms with Gasteiger partial charge in [-0.25, -0.2) is 9.48 Å². The number of para-hydroxylation sites is 1. The Labute approximate surface area is 128 Å². The van der Waals surface area contributed by atoms with Crippen molar-refractivity contribution in [3.63, 3.8) is 0 Å². The number of aromatic nitrogens is 3. The van der Waals surface area contributed by atoms with Gasteiger partial charge < -0.3 is 10.4 Å². The van der Waals surface area contributed by atoms with Gasteiger partial charge in [0.1, 0.15) is 6.54 Å². The zero-order valence-corrected chi connectivity index (χ0v) is 12.7. The van der Waals surface area contributed by atoms with Crippen molar-refractivity contribution in [1.29, 1.82) is 0 Å². The van der Waals surface area contributed by atoms with E-state index in [1.807, 2.05) is 25.1 Å². The number of nitrogens with one attached hydrogen (secondary N) is 1. The van der Waals surface area contributed by atoms with Crippen LogP contribution < -0.4 is 5.32 Å². The number of anilines is 1. The summed E-state index contributed by atoms with van der Waals surface area (Å²) in [6.07, 6.45) is 1.23. The van der Waals surface area contributed by atoms with Crippen LogP contribution in [-0.4, -0.2) is 32.0 Å². The molecule has 0 aliphatic heterocycles. The topological polar surface area (TPSA) is 97.1 Å². The third-order valence-corrected chi connectivity index (χ3v) is 3.25. The molecule has 1 heterocycles. The maximum absolute atomic E-state index is 12.1. The van der Waals surface area contributed by atoms with Crippen molar-refractivity contribution in [2.75, 3.05) is 5.32 Å². The van der Waals surface area contributed by atoms with E-state index in [4.69, 9.17) is 5.11 Å². The number of carbonyl (C=O) groups is 2. The third-order valence-electron chi connectivity index (χ3n) is 3.25. The van der Waals surface area contributed by atoms with Crippen molar-refractivity contribution in [2.45, 2.75) is 33.2 Å². The van der Waals surface area contributed by atoms with Gasteiger partial charge in [0, 0.05) is 5.69 Å². The monoisotopic (exact) mass is 302 g/mol. The lowest BCUT2D eigenvalue weighted by Gasteiger charge is -2.16. The largest absolute Gasteiger partial charge is 0.476 e. The van der Waals surface area contributed by atoms with E-state index in [0.717, 1.165) is 16.8 Å². The Morgan fingerprint density at radius 1 is 1.36 bits per heavy atom. The molecule has 0 saturated carbocycles. The molecule has 0 fully saturated rings. The molecule has 7 heteroatoms. The molecule has 2 N–H and O–H groups in total. The maximum Gasteiger partial charge on any atom is 0.358 e. The number of rotatable bonds is 5. The van der Waals surface area contributed by atoms with Gasteiger partial charge in [-0.3, -0.25) is 4.79 Å². The molecule has 1 aromatic heterocycles. The average Bonchev–Trinajstić information content (AvgIpc) is 2.89. The van der Waals surface area contributed by atoms with Crippen LogP contribution in [0.5, 0.6) is 0 Å². The first kappa shape index (κ1) is 15.7. The highest BCUT2D eigenvalue weighted by Crippen LogP contribution is 2.27. The molecule has 1 aromatic carbocycles. The lowest BCUT2D eigenvalue weighted by molar-refractivity contribution is -0.116. The molecule has 0 radical (unpaired) electrons. The summed E-state index contributed by atoms with van der Waals surface area (Å²) >= 11 is 0. The fourth-order valence-corrected chi connectivity index (χ4v) is 2.14. The molecule has 0 aliphatic carbocycles. The highest BCUT2D eigenvalue weighted by molar-refractivity contribution is 5.92. The van der Waals surface area contributed by atoms with Gasteiger partial charge in [0.25, 0.3) is 0 Å². The predicted octanol–water partition coefficient (Wildman–Crippen LogP) is 2.05. The van der Waals surface area contributed by atoms with Crippen LogP contribution in [0.15, 0.2) is 24.4 Å². The molecule has 116 valence electrons. The summed E-state index contributed by atoms with van der Waals surface area (Å²) < 4.78 is 1.20. The number of hydrogen-bond acceptors (Lipinski definition) is 4. The van der Waals surface area contributed by atoms with E-state index in [9.17, 15) is 9.59 Å². The lowest BCUT2D eigenvalue weighted by Crippen LogP contribution is -2.20. The molecule has 7 nitrogen and oxygen atoms in total. The number of aryl methyl sites for hydroxylation is 1. The zero-order chi connectivity index (χ0) is 16.3. The highest BCUT2D eigenvalue weighted by Gasteiger charge is 2.14. The number of carboxylic acids is 1. The Balaban J connectivity index is 2.13. The van der Waals surface area contributed by atoms with E-state index in [1.54, 1.807) is 0 Å². The van der Waals surface area contributed by atoms with Crippen molar-refractivity contribution >= 4 is 17.6 Å². The average molecular weight is 302 g/mol. The molecule has 0 saturated heterocycles. The van der Waals surface area contributed by atoms with Gasteiger partial charge in [-0.05, 0) is 24.0 Å². The summed E-state index contributed by atoms with van der Waals surface area (Å²) in [4.78, 5) is 22.9. The maximum atomic E-state index is 12.1. The fourth-order valence-electron chi connectivity index (χ4n) is 2.14. The van der Waals surface area contributed by atoms with Crippen LogP contribution in [0.3, 0.4) is 0 Å². The normalized spacial score (nSPS) is 10.7. The first-order chi connectivity index (χ1) is 10.4. The fraction of sp³-hybridized carbons (Fsp3) is 0.333. The molecule has 0 bridgehead atoms. The second kappa shape index (κ2) is 6.38. The molecule has 1 amide bonds. The van der Waals surface area contributed by atoms with Crippen molar-refractivity contribution < 1.29 is 14.7 Å². The van der Waals surface area contributed by atoms with E-state index in [2.05, 4.69) is 29.5 Å². The molecule has 2 aromatic rings. The van der Waals surface area contributed by atoms with Crippen LogP contribution in [0, 0.1) is 6.92 Å². The van der Waals surface area contributed by atoms with Crippen LogP contribution >= 0.6 is 0 Å². The molecule has 0 aliphatic rings. The summed E-state index contributed by atoms with van der Waals surface area (Å²) in [6, 6.07) is 5.86. The molecular weight excluding hydrogens is 284 g/mol. The third kappa shape index (κ3) is 3.49. The van der Waals surface area contributed by atoms with E-state index in [0.29, 0.717) is 0 Å². The Morgan fingerprint density at radius 3 is 2.68 bits per heavy atom. The minimum absolute atomic E-state index is 0.0911. The molecule has 0 atom stereocenters. The van der Waals surface area contributed by atoms with Crippen molar-refractivity contribution in [1.82, 2.24) is 15.0 Å². The van der Waals surface area contributed by atoms with E-state index < -0.39 is 5.97 Å². The van der Waals surface area contributed by atoms with Gasteiger partial charge >= 0.3 is 5.97 Å². The summed E-state index contributed by atoms with van der Waals surface area (Å²) in [5, 5.41) is 18.8. The zero-order valence-electron chi connectivity index (χ0n) is 12.7. The van der Waals surface area contributed by atoms with Crippen molar-refractivity contribution in [3.8, 4) is 0 Å². The number of carbonyl (C=O) groups excluding carboxylic acids is 1. The molecule has 2 rings (SSSR count). The molecule has 0 spiro atoms. The van der Waals surface area contributed by atoms with E-state index in [-0.39, 0.29) is 24.1 Å². The van der Waals surface area contributed by atoms with E-state index in [1.165, 1.54) is 10.9 Å². The molecule has 22 heavy (non-hydrogen) atoms. The minimum Gasteiger partial charge on any atom is -0.476 e. The summed E-state index contributed by atoms with van der Waals surface area (Å²) in [5.41, 5.74) is 2.63. The number of hydrogen-bond donors (Lipinski definition) is 2. The summed E-state index contributed by atoms with van der Waals surface area (Å²) in [5.74, 6) is -1.18. The number of amides is 1. The van der Waals surface area contributed by atoms with Gasteiger partial charge in [-0.15, -0.1) is 5.10 Å². The molecular formula is C15H18N4O3. The quantitative estimate of drug-likeness (QED) is 0.881. The summed E-state index contributed by atoms with van der Waals surface area (Å²) in [6.45, 7) is 5.95. The van der Waals surface area contributed by atoms with Crippen LogP contribution in [0.4, 0.5) is 5.69 Å². The highest BCUT2D eigenvalue weighted by atomic mass is 16.4. The Morgan fingerprint density at radius 2 is 2.09 bits per heavy atom. The second-order valence-corrected chi connectivity index (χ2v) is 5.35. The van der Waals surface area contributed by atoms with Crippen LogP contribution in [0.25, 0.3) is 0 Å². The standard InChI is InChI=1S/C15H18N4O3/c1-9(2)11-6-4-5-10(3)14(11)16-13(20)8-19-7-12(15(21)22)17-18-19/h4-7,9H,8H2,1-3H3,(H,16,20)(H,21,22). The van der Waals surface area contributed by atoms with Gasteiger partial charge in [-0.1, -0.05) is 37.3 Å². The summed E-state index contributed by atoms with van der Waals surface area (Å²) in [7, 11) is 0. The predicted molar refractivity (Wildman–Crippen MR) is 80.9 cm³/mol. The number of carboxylic acid groups (broad SMARTS) is 1. The van der Waals surface area contributed by atoms with Gasteiger partial charge in [0.15, 0.2) is 5.69 Å². The Kier molecular flexibility index (Phi) is 4.55. The molecule has 0 unspecified atom stereocenters. The Bertz CT molecular complexity index is 707. The van der Waals surface area contributed by atoms with Crippen LogP contribution in [0.2, 0.25) is 0 Å². The van der Waals surface area contributed by atoms with Crippen LogP contribution in [-0.2, 0) is 11.3 Å². The number of aromatic carboxylic acids is 1. The van der Waals surface area contributed by atoms with Gasteiger partial charge in [-0.2, -0.15) is 0 Å². The van der Waals surface area contributed by atoms with Gasteiger partial charge in [0.2, 0.25) is 5.91 Å². The van der Waals surface area contributed by atoms with Gasteiger partial charge in [0.05, 0.1) is 6.20 Å². The number of benzene rings is 1. The lowest BCUT2D eigenvalue weighted by atomic mass is 9.98. The second-order valence-electron chi connectivity index (χ2n) is 5.35. The smallest absolute Gasteiger partial charge is 0.358 e. The minimum atomic E-state index is -1.17. The van der Waals surface area contributed by atoms with Crippen molar-refractivity contribution in [2.24, 2.45) is 0 Å². The van der Waals surface area contributed by atoms with E-state index >= 15 is 0 Å².